The molecule has 2 heterocycles. The van der Waals surface area contributed by atoms with Gasteiger partial charge in [-0.05, 0) is 18.6 Å². The van der Waals surface area contributed by atoms with E-state index in [1.54, 1.807) is 18.4 Å². The van der Waals surface area contributed by atoms with E-state index < -0.39 is 5.97 Å². The largest absolute Gasteiger partial charge is 0.477 e. The Hall–Kier alpha value is -1.82. The van der Waals surface area contributed by atoms with Crippen LogP contribution < -0.4 is 0 Å². The Morgan fingerprint density at radius 3 is 3.06 bits per heavy atom. The van der Waals surface area contributed by atoms with Gasteiger partial charge in [-0.2, -0.15) is 0 Å². The van der Waals surface area contributed by atoms with E-state index in [2.05, 4.69) is 9.97 Å². The lowest BCUT2D eigenvalue weighted by Crippen LogP contribution is -2.04. The number of hydrogen-bond donors (Lipinski definition) is 1. The maximum Gasteiger partial charge on any atom is 0.354 e. The zero-order valence-electron chi connectivity index (χ0n) is 9.08. The van der Waals surface area contributed by atoms with Crippen LogP contribution in [0.4, 0.5) is 0 Å². The third kappa shape index (κ3) is 2.85. The fraction of sp³-hybridized carbons (Fsp3) is 0.182. The first kappa shape index (κ1) is 11.7. The van der Waals surface area contributed by atoms with Crippen molar-refractivity contribution in [3.63, 3.8) is 0 Å². The zero-order valence-corrected chi connectivity index (χ0v) is 9.90. The molecule has 0 bridgehead atoms. The summed E-state index contributed by atoms with van der Waals surface area (Å²) in [7, 11) is 0. The molecule has 0 aromatic carbocycles. The fourth-order valence-corrected chi connectivity index (χ4v) is 2.12. The van der Waals surface area contributed by atoms with Gasteiger partial charge in [0.05, 0.1) is 5.69 Å². The summed E-state index contributed by atoms with van der Waals surface area (Å²) in [4.78, 5) is 18.9. The molecule has 0 aliphatic heterocycles. The summed E-state index contributed by atoms with van der Waals surface area (Å²) < 4.78 is 5.17. The Labute approximate surface area is 102 Å². The summed E-state index contributed by atoms with van der Waals surface area (Å²) in [5.74, 6) is -0.556. The highest BCUT2D eigenvalue weighted by Crippen LogP contribution is 2.22. The van der Waals surface area contributed by atoms with Crippen molar-refractivity contribution in [2.24, 2.45) is 0 Å². The van der Waals surface area contributed by atoms with Gasteiger partial charge in [-0.1, -0.05) is 17.8 Å². The summed E-state index contributed by atoms with van der Waals surface area (Å²) in [6, 6.07) is 3.45. The number of thioether (sulfide) groups is 1. The predicted molar refractivity (Wildman–Crippen MR) is 62.0 cm³/mol. The molecule has 0 amide bonds. The number of oxazole rings is 1. The van der Waals surface area contributed by atoms with Crippen molar-refractivity contribution in [3.8, 4) is 0 Å². The lowest BCUT2D eigenvalue weighted by atomic mass is 10.2. The molecule has 0 spiro atoms. The average molecular weight is 250 g/mol. The van der Waals surface area contributed by atoms with Crippen molar-refractivity contribution >= 4 is 17.7 Å². The number of carboxylic acid groups (broad SMARTS) is 1. The first-order chi connectivity index (χ1) is 8.16. The van der Waals surface area contributed by atoms with Crippen molar-refractivity contribution in [2.75, 3.05) is 0 Å². The van der Waals surface area contributed by atoms with E-state index in [1.165, 1.54) is 18.0 Å². The van der Waals surface area contributed by atoms with Gasteiger partial charge in [0.15, 0.2) is 5.69 Å². The summed E-state index contributed by atoms with van der Waals surface area (Å²) >= 11 is 1.34. The molecule has 0 saturated carbocycles. The number of carbonyl (C=O) groups is 1. The SMILES string of the molecule is Cc1coc(SCc2cccnc2C(=O)O)n1. The van der Waals surface area contributed by atoms with Gasteiger partial charge >= 0.3 is 5.97 Å². The van der Waals surface area contributed by atoms with Crippen LogP contribution in [-0.4, -0.2) is 21.0 Å². The van der Waals surface area contributed by atoms with Crippen molar-refractivity contribution in [2.45, 2.75) is 17.9 Å². The quantitative estimate of drug-likeness (QED) is 0.839. The van der Waals surface area contributed by atoms with Crippen molar-refractivity contribution in [1.82, 2.24) is 9.97 Å². The van der Waals surface area contributed by atoms with E-state index in [0.29, 0.717) is 16.5 Å². The second-order valence-corrected chi connectivity index (χ2v) is 4.29. The molecule has 1 N–H and O–H groups in total. The van der Waals surface area contributed by atoms with Crippen LogP contribution in [-0.2, 0) is 5.75 Å². The van der Waals surface area contributed by atoms with Crippen LogP contribution in [0.2, 0.25) is 0 Å². The zero-order chi connectivity index (χ0) is 12.3. The first-order valence-corrected chi connectivity index (χ1v) is 5.87. The van der Waals surface area contributed by atoms with Gasteiger partial charge in [-0.25, -0.2) is 14.8 Å². The number of aromatic carboxylic acids is 1. The van der Waals surface area contributed by atoms with Crippen LogP contribution >= 0.6 is 11.8 Å². The van der Waals surface area contributed by atoms with Gasteiger partial charge in [0.2, 0.25) is 0 Å². The van der Waals surface area contributed by atoms with Gasteiger partial charge in [0.25, 0.3) is 5.22 Å². The maximum atomic E-state index is 10.9. The highest BCUT2D eigenvalue weighted by Gasteiger charge is 2.12. The van der Waals surface area contributed by atoms with Crippen LogP contribution in [0.5, 0.6) is 0 Å². The number of rotatable bonds is 4. The molecule has 88 valence electrons. The van der Waals surface area contributed by atoms with Gasteiger partial charge in [0, 0.05) is 11.9 Å². The Morgan fingerprint density at radius 1 is 1.59 bits per heavy atom. The molecule has 5 nitrogen and oxygen atoms in total. The molecule has 2 aromatic heterocycles. The lowest BCUT2D eigenvalue weighted by molar-refractivity contribution is 0.0689. The van der Waals surface area contributed by atoms with Gasteiger partial charge in [-0.15, -0.1) is 0 Å². The van der Waals surface area contributed by atoms with E-state index in [-0.39, 0.29) is 5.69 Å². The monoisotopic (exact) mass is 250 g/mol. The normalized spacial score (nSPS) is 10.4. The molecule has 0 atom stereocenters. The number of nitrogens with zero attached hydrogens (tertiary/aromatic N) is 2. The fourth-order valence-electron chi connectivity index (χ4n) is 1.29. The number of hydrogen-bond acceptors (Lipinski definition) is 5. The summed E-state index contributed by atoms with van der Waals surface area (Å²) in [5, 5.41) is 9.49. The molecular weight excluding hydrogens is 240 g/mol. The highest BCUT2D eigenvalue weighted by molar-refractivity contribution is 7.98. The third-order valence-corrected chi connectivity index (χ3v) is 2.93. The van der Waals surface area contributed by atoms with Crippen LogP contribution in [0, 0.1) is 6.92 Å². The Balaban J connectivity index is 2.11. The Morgan fingerprint density at radius 2 is 2.41 bits per heavy atom. The van der Waals surface area contributed by atoms with E-state index in [1.807, 2.05) is 6.92 Å². The Kier molecular flexibility index (Phi) is 3.43. The van der Waals surface area contributed by atoms with Crippen LogP contribution in [0.3, 0.4) is 0 Å². The van der Waals surface area contributed by atoms with E-state index in [9.17, 15) is 4.79 Å². The summed E-state index contributed by atoms with van der Waals surface area (Å²) in [6.07, 6.45) is 3.02. The van der Waals surface area contributed by atoms with Gasteiger partial charge in [0.1, 0.15) is 6.26 Å². The van der Waals surface area contributed by atoms with Crippen LogP contribution in [0.15, 0.2) is 34.2 Å². The average Bonchev–Trinajstić information content (AvgIpc) is 2.73. The first-order valence-electron chi connectivity index (χ1n) is 4.89. The minimum Gasteiger partial charge on any atom is -0.477 e. The number of aromatic nitrogens is 2. The maximum absolute atomic E-state index is 10.9. The smallest absolute Gasteiger partial charge is 0.354 e. The van der Waals surface area contributed by atoms with Crippen LogP contribution in [0.1, 0.15) is 21.7 Å². The highest BCUT2D eigenvalue weighted by atomic mass is 32.2. The van der Waals surface area contributed by atoms with E-state index >= 15 is 0 Å². The van der Waals surface area contributed by atoms with Gasteiger partial charge < -0.3 is 9.52 Å². The number of carboxylic acids is 1. The molecule has 0 saturated heterocycles. The third-order valence-electron chi connectivity index (χ3n) is 2.04. The van der Waals surface area contributed by atoms with Crippen molar-refractivity contribution < 1.29 is 14.3 Å². The molecule has 6 heteroatoms. The van der Waals surface area contributed by atoms with Crippen LogP contribution in [0.25, 0.3) is 0 Å². The summed E-state index contributed by atoms with van der Waals surface area (Å²) in [5.41, 5.74) is 1.53. The molecule has 0 aliphatic rings. The molecule has 0 fully saturated rings. The second kappa shape index (κ2) is 5.01. The molecule has 17 heavy (non-hydrogen) atoms. The topological polar surface area (TPSA) is 76.2 Å². The molecule has 0 radical (unpaired) electrons. The predicted octanol–water partition coefficient (Wildman–Crippen LogP) is 2.37. The standard InChI is InChI=1S/C11H10N2O3S/c1-7-5-16-11(13-7)17-6-8-3-2-4-12-9(8)10(14)15/h2-5H,6H2,1H3,(H,14,15). The lowest BCUT2D eigenvalue weighted by Gasteiger charge is -2.02. The molecule has 0 aliphatic carbocycles. The van der Waals surface area contributed by atoms with Crippen molar-refractivity contribution in [3.05, 3.63) is 41.5 Å². The molecule has 2 aromatic rings. The van der Waals surface area contributed by atoms with E-state index in [0.717, 1.165) is 5.69 Å². The Bertz CT molecular complexity index is 539. The number of pyridine rings is 1. The summed E-state index contributed by atoms with van der Waals surface area (Å²) in [6.45, 7) is 1.83. The molecular formula is C11H10N2O3S. The second-order valence-electron chi connectivity index (χ2n) is 3.36. The minimum atomic E-state index is -1.02. The van der Waals surface area contributed by atoms with Crippen molar-refractivity contribution in [1.29, 1.82) is 0 Å². The van der Waals surface area contributed by atoms with E-state index in [4.69, 9.17) is 9.52 Å². The molecule has 0 unspecified atom stereocenters. The molecule has 2 rings (SSSR count). The minimum absolute atomic E-state index is 0.0725. The van der Waals surface area contributed by atoms with Gasteiger partial charge in [-0.3, -0.25) is 0 Å². The number of aryl methyl sites for hydroxylation is 1.